The van der Waals surface area contributed by atoms with Gasteiger partial charge in [0, 0.05) is 53.0 Å². The van der Waals surface area contributed by atoms with E-state index in [2.05, 4.69) is 0 Å². The number of hydrogen-bond acceptors (Lipinski definition) is 0. The summed E-state index contributed by atoms with van der Waals surface area (Å²) in [5.74, 6) is 0. The van der Waals surface area contributed by atoms with E-state index in [4.69, 9.17) is 0 Å². The van der Waals surface area contributed by atoms with Crippen LogP contribution in [0.3, 0.4) is 0 Å². The fraction of sp³-hybridized carbons (Fsp3) is 0. The van der Waals surface area contributed by atoms with Crippen LogP contribution in [0.4, 0.5) is 0 Å². The Morgan fingerprint density at radius 1 is 1.25 bits per heavy atom. The van der Waals surface area contributed by atoms with Crippen molar-refractivity contribution in [2.45, 2.75) is 0 Å². The molecule has 17 valence electrons. The number of hydrogen-bond donors (Lipinski definition) is 0. The summed E-state index contributed by atoms with van der Waals surface area (Å²) in [6.45, 7) is 0. The topological polar surface area (TPSA) is 0 Å². The molecule has 5 radical (unpaired) electrons. The van der Waals surface area contributed by atoms with Crippen LogP contribution in [0.2, 0.25) is 0 Å². The third kappa shape index (κ3) is 8.87. The van der Waals surface area contributed by atoms with Gasteiger partial charge in [0.1, 0.15) is 0 Å². The molecule has 4 heteroatoms. The Kier molecular flexibility index (Phi) is 161. The minimum absolute atomic E-state index is 0. The minimum atomic E-state index is 0. The molecule has 0 aromatic carbocycles. The molecule has 0 fully saturated rings. The molecule has 0 amide bonds. The van der Waals surface area contributed by atoms with Crippen LogP contribution in [0.1, 0.15) is 1.43 Å². The van der Waals surface area contributed by atoms with Crippen molar-refractivity contribution in [2.24, 2.45) is 0 Å². The fourth-order valence-electron chi connectivity index (χ4n) is 0. The molecule has 0 saturated carbocycles. The van der Waals surface area contributed by atoms with Crippen molar-refractivity contribution in [3.05, 3.63) is 0 Å². The quantitative estimate of drug-likeness (QED) is 0.310. The van der Waals surface area contributed by atoms with Crippen LogP contribution in [0.25, 0.3) is 0 Å². The first kappa shape index (κ1) is 34.2. The third-order valence-corrected chi connectivity index (χ3v) is 0. The zero-order chi connectivity index (χ0) is 0. The van der Waals surface area contributed by atoms with Gasteiger partial charge in [-0.05, 0) is 0 Å². The molecule has 0 rings (SSSR count). The van der Waals surface area contributed by atoms with E-state index in [0.717, 1.165) is 0 Å². The summed E-state index contributed by atoms with van der Waals surface area (Å²) in [5.41, 5.74) is 0. The summed E-state index contributed by atoms with van der Waals surface area (Å²) in [6.07, 6.45) is 0. The molecule has 0 heterocycles. The van der Waals surface area contributed by atoms with E-state index in [1.165, 1.54) is 0 Å². The molecule has 0 aliphatic heterocycles. The van der Waals surface area contributed by atoms with Crippen molar-refractivity contribution >= 4 is 17.4 Å². The Bertz CT molecular complexity index is 11.6. The van der Waals surface area contributed by atoms with Gasteiger partial charge in [-0.2, -0.15) is 0 Å². The average molecular weight is 141 g/mol. The molecule has 0 nitrogen and oxygen atoms in total. The monoisotopic (exact) mass is 141 g/mol. The predicted molar refractivity (Wildman–Crippen MR) is 6.87 cm³/mol. The van der Waals surface area contributed by atoms with Crippen LogP contribution < -0.4 is 18.9 Å². The Labute approximate surface area is 72.6 Å². The van der Waals surface area contributed by atoms with Gasteiger partial charge in [0.2, 0.25) is 0 Å². The number of rotatable bonds is 0. The fourth-order valence-corrected chi connectivity index (χ4v) is 0. The van der Waals surface area contributed by atoms with E-state index in [9.17, 15) is 0 Å². The van der Waals surface area contributed by atoms with Gasteiger partial charge in [-0.1, -0.05) is 0 Å². The Morgan fingerprint density at radius 3 is 1.25 bits per heavy atom. The Morgan fingerprint density at radius 2 is 1.25 bits per heavy atom. The van der Waals surface area contributed by atoms with Gasteiger partial charge in [-0.25, -0.2) is 0 Å². The first-order valence-corrected chi connectivity index (χ1v) is 0. The van der Waals surface area contributed by atoms with Gasteiger partial charge in [-0.3, -0.25) is 0 Å². The summed E-state index contributed by atoms with van der Waals surface area (Å²) in [5, 5.41) is 0. The zero-order valence-electron chi connectivity index (χ0n) is 3.40. The molecular formula is HAlLiMnV. The first-order chi connectivity index (χ1) is 0. The van der Waals surface area contributed by atoms with Crippen LogP contribution in [0.15, 0.2) is 0 Å². The minimum Gasteiger partial charge on any atom is -1.00 e. The van der Waals surface area contributed by atoms with E-state index in [1.54, 1.807) is 0 Å². The van der Waals surface area contributed by atoms with Crippen LogP contribution >= 0.6 is 0 Å². The van der Waals surface area contributed by atoms with Crippen molar-refractivity contribution in [1.82, 2.24) is 0 Å². The summed E-state index contributed by atoms with van der Waals surface area (Å²) >= 11 is 0. The van der Waals surface area contributed by atoms with Crippen LogP contribution in [-0.2, 0) is 35.6 Å². The van der Waals surface area contributed by atoms with E-state index >= 15 is 0 Å². The predicted octanol–water partition coefficient (Wildman–Crippen LogP) is -3.27. The van der Waals surface area contributed by atoms with Crippen molar-refractivity contribution in [3.63, 3.8) is 0 Å². The maximum Gasteiger partial charge on any atom is 1.00 e. The molecule has 0 unspecified atom stereocenters. The van der Waals surface area contributed by atoms with Crippen LogP contribution in [0, 0.1) is 0 Å². The maximum atomic E-state index is 0. The molecule has 0 aromatic rings. The Balaban J connectivity index is 0. The molecule has 0 bridgehead atoms. The second-order valence-corrected chi connectivity index (χ2v) is 0. The molecular weight excluding hydrogens is 140 g/mol. The summed E-state index contributed by atoms with van der Waals surface area (Å²) in [4.78, 5) is 0. The van der Waals surface area contributed by atoms with Gasteiger partial charge in [0.05, 0.1) is 0 Å². The molecule has 0 N–H and O–H groups in total. The van der Waals surface area contributed by atoms with Crippen LogP contribution in [-0.4, -0.2) is 17.4 Å². The average Bonchev–Trinajstić information content (AvgIpc) is 0. The summed E-state index contributed by atoms with van der Waals surface area (Å²) in [6, 6.07) is 0. The van der Waals surface area contributed by atoms with E-state index in [-0.39, 0.29) is 73.3 Å². The SMILES string of the molecule is [Al].[H-].[Li+].[Mn].[V]. The second-order valence-electron chi connectivity index (χ2n) is 0. The molecule has 0 atom stereocenters. The second kappa shape index (κ2) is 18.8. The molecule has 0 aromatic heterocycles. The third-order valence-electron chi connectivity index (χ3n) is 0. The molecule has 0 spiro atoms. The van der Waals surface area contributed by atoms with Gasteiger partial charge >= 0.3 is 18.9 Å². The standard InChI is InChI=1S/Al.Li.Mn.V.H/q;+1;;;-1. The maximum absolute atomic E-state index is 0. The van der Waals surface area contributed by atoms with Crippen molar-refractivity contribution in [1.29, 1.82) is 0 Å². The van der Waals surface area contributed by atoms with Crippen molar-refractivity contribution in [3.8, 4) is 0 Å². The normalized spacial score (nSPS) is 0. The van der Waals surface area contributed by atoms with E-state index in [0.29, 0.717) is 0 Å². The first-order valence-electron chi connectivity index (χ1n) is 0. The molecule has 0 aliphatic rings. The van der Waals surface area contributed by atoms with Gasteiger partial charge in [-0.15, -0.1) is 0 Å². The van der Waals surface area contributed by atoms with Gasteiger partial charge < -0.3 is 1.43 Å². The zero-order valence-corrected chi connectivity index (χ0v) is 6.13. The van der Waals surface area contributed by atoms with Gasteiger partial charge in [0.15, 0.2) is 0 Å². The smallest absolute Gasteiger partial charge is 1.00 e. The Hall–Kier alpha value is 2.23. The largest absolute Gasteiger partial charge is 1.00 e. The van der Waals surface area contributed by atoms with E-state index in [1.807, 2.05) is 0 Å². The van der Waals surface area contributed by atoms with Crippen molar-refractivity contribution < 1.29 is 55.9 Å². The van der Waals surface area contributed by atoms with Gasteiger partial charge in [0.25, 0.3) is 0 Å². The van der Waals surface area contributed by atoms with Crippen LogP contribution in [0.5, 0.6) is 0 Å². The summed E-state index contributed by atoms with van der Waals surface area (Å²) < 4.78 is 0. The molecule has 0 saturated heterocycles. The van der Waals surface area contributed by atoms with Crippen molar-refractivity contribution in [2.75, 3.05) is 0 Å². The molecule has 4 heavy (non-hydrogen) atoms. The van der Waals surface area contributed by atoms with E-state index < -0.39 is 0 Å². The summed E-state index contributed by atoms with van der Waals surface area (Å²) in [7, 11) is 0. The molecule has 0 aliphatic carbocycles.